The molecule has 2 nitrogen and oxygen atoms in total. The van der Waals surface area contributed by atoms with E-state index >= 15 is 0 Å². The van der Waals surface area contributed by atoms with E-state index in [1.807, 2.05) is 6.20 Å². The molecule has 1 heterocycles. The van der Waals surface area contributed by atoms with Crippen molar-refractivity contribution in [3.63, 3.8) is 0 Å². The van der Waals surface area contributed by atoms with Crippen LogP contribution in [0.3, 0.4) is 0 Å². The van der Waals surface area contributed by atoms with E-state index in [1.165, 1.54) is 10.6 Å². The molecule has 0 amide bonds. The fourth-order valence-corrected chi connectivity index (χ4v) is 1.38. The molecule has 0 radical (unpaired) electrons. The number of aromatic amines is 1. The predicted molar refractivity (Wildman–Crippen MR) is 44.4 cm³/mol. The highest BCUT2D eigenvalue weighted by molar-refractivity contribution is 5.39. The van der Waals surface area contributed by atoms with Gasteiger partial charge in [0.15, 0.2) is 0 Å². The van der Waals surface area contributed by atoms with Gasteiger partial charge < -0.3 is 9.72 Å². The van der Waals surface area contributed by atoms with Crippen LogP contribution in [-0.2, 0) is 4.74 Å². The molecule has 1 aliphatic carbocycles. The monoisotopic (exact) mass is 149 g/mol. The van der Waals surface area contributed by atoms with Crippen LogP contribution >= 0.6 is 0 Å². The second-order valence-electron chi connectivity index (χ2n) is 2.73. The van der Waals surface area contributed by atoms with Gasteiger partial charge in [0.2, 0.25) is 0 Å². The molecule has 58 valence electrons. The molecule has 0 bridgehead atoms. The maximum absolute atomic E-state index is 5.21. The van der Waals surface area contributed by atoms with Crippen LogP contribution < -0.4 is 10.6 Å². The lowest BCUT2D eigenvalue weighted by Gasteiger charge is -2.09. The van der Waals surface area contributed by atoms with Crippen LogP contribution in [0.2, 0.25) is 0 Å². The summed E-state index contributed by atoms with van der Waals surface area (Å²) in [5.74, 6) is 0. The molecule has 0 saturated carbocycles. The second-order valence-corrected chi connectivity index (χ2v) is 2.73. The van der Waals surface area contributed by atoms with Crippen LogP contribution in [0.15, 0.2) is 12.3 Å². The molecule has 1 unspecified atom stereocenters. The van der Waals surface area contributed by atoms with Gasteiger partial charge in [-0.2, -0.15) is 0 Å². The maximum Gasteiger partial charge on any atom is 0.0809 e. The minimum absolute atomic E-state index is 0.251. The lowest BCUT2D eigenvalue weighted by Crippen LogP contribution is -2.29. The van der Waals surface area contributed by atoms with Crippen molar-refractivity contribution in [1.82, 2.24) is 4.98 Å². The van der Waals surface area contributed by atoms with Crippen LogP contribution in [0.4, 0.5) is 0 Å². The molecule has 1 aromatic rings. The molecule has 0 saturated heterocycles. The number of hydrogen-bond donors (Lipinski definition) is 1. The number of fused-ring (bicyclic) bond motifs is 1. The number of H-pyrrole nitrogens is 1. The smallest absolute Gasteiger partial charge is 0.0809 e. The summed E-state index contributed by atoms with van der Waals surface area (Å²) in [6.45, 7) is 0. The van der Waals surface area contributed by atoms with Crippen LogP contribution in [0.5, 0.6) is 0 Å². The minimum atomic E-state index is 0.251. The Balaban J connectivity index is 2.53. The number of hydrogen-bond acceptors (Lipinski definition) is 1. The predicted octanol–water partition coefficient (Wildman–Crippen LogP) is -0.00560. The highest BCUT2D eigenvalue weighted by Gasteiger charge is 2.04. The fourth-order valence-electron chi connectivity index (χ4n) is 1.38. The SMILES string of the molecule is COC1C=c2[nH]ccc2=CC1. The first-order valence-electron chi connectivity index (χ1n) is 3.78. The Kier molecular flexibility index (Phi) is 1.55. The van der Waals surface area contributed by atoms with Crippen molar-refractivity contribution < 1.29 is 4.74 Å². The summed E-state index contributed by atoms with van der Waals surface area (Å²) in [5.41, 5.74) is 0. The average Bonchev–Trinajstić information content (AvgIpc) is 2.50. The van der Waals surface area contributed by atoms with E-state index in [9.17, 15) is 0 Å². The van der Waals surface area contributed by atoms with E-state index in [0.717, 1.165) is 6.42 Å². The molecule has 1 aliphatic rings. The van der Waals surface area contributed by atoms with Crippen LogP contribution in [-0.4, -0.2) is 18.2 Å². The minimum Gasteiger partial charge on any atom is -0.377 e. The van der Waals surface area contributed by atoms with Gasteiger partial charge in [0.25, 0.3) is 0 Å². The average molecular weight is 149 g/mol. The number of aromatic nitrogens is 1. The van der Waals surface area contributed by atoms with E-state index in [2.05, 4.69) is 23.2 Å². The number of ether oxygens (including phenoxy) is 1. The van der Waals surface area contributed by atoms with E-state index in [1.54, 1.807) is 7.11 Å². The summed E-state index contributed by atoms with van der Waals surface area (Å²) in [4.78, 5) is 3.16. The van der Waals surface area contributed by atoms with Crippen LogP contribution in [0.25, 0.3) is 12.2 Å². The lowest BCUT2D eigenvalue weighted by molar-refractivity contribution is 0.157. The fraction of sp³-hybridized carbons (Fsp3) is 0.333. The Bertz CT molecular complexity index is 350. The van der Waals surface area contributed by atoms with Gasteiger partial charge >= 0.3 is 0 Å². The third kappa shape index (κ3) is 1.10. The van der Waals surface area contributed by atoms with Gasteiger partial charge in [0.05, 0.1) is 6.10 Å². The van der Waals surface area contributed by atoms with Crippen LogP contribution in [0.1, 0.15) is 6.42 Å². The Hall–Kier alpha value is -1.02. The first kappa shape index (κ1) is 6.68. The normalized spacial score (nSPS) is 21.7. The van der Waals surface area contributed by atoms with Crippen molar-refractivity contribution in [2.75, 3.05) is 7.11 Å². The van der Waals surface area contributed by atoms with E-state index < -0.39 is 0 Å². The third-order valence-electron chi connectivity index (χ3n) is 2.04. The second kappa shape index (κ2) is 2.55. The number of methoxy groups -OCH3 is 1. The van der Waals surface area contributed by atoms with Crippen molar-refractivity contribution >= 4 is 12.2 Å². The standard InChI is InChI=1S/C9H11NO/c1-11-8-3-2-7-4-5-10-9(7)6-8/h2,4-6,8,10H,3H2,1H3. The van der Waals surface area contributed by atoms with Gasteiger partial charge in [-0.1, -0.05) is 6.08 Å². The number of nitrogens with one attached hydrogen (secondary N) is 1. The van der Waals surface area contributed by atoms with Gasteiger partial charge in [-0.3, -0.25) is 0 Å². The van der Waals surface area contributed by atoms with Gasteiger partial charge in [-0.05, 0) is 23.8 Å². The first-order chi connectivity index (χ1) is 5.40. The van der Waals surface area contributed by atoms with Crippen LogP contribution in [0, 0.1) is 0 Å². The molecule has 2 heteroatoms. The lowest BCUT2D eigenvalue weighted by atomic mass is 10.1. The quantitative estimate of drug-likeness (QED) is 0.597. The zero-order valence-corrected chi connectivity index (χ0v) is 6.50. The zero-order valence-electron chi connectivity index (χ0n) is 6.50. The molecule has 0 aromatic carbocycles. The van der Waals surface area contributed by atoms with Gasteiger partial charge in [0, 0.05) is 18.7 Å². The summed E-state index contributed by atoms with van der Waals surface area (Å²) in [6, 6.07) is 2.08. The first-order valence-corrected chi connectivity index (χ1v) is 3.78. The maximum atomic E-state index is 5.21. The van der Waals surface area contributed by atoms with Gasteiger partial charge in [-0.25, -0.2) is 0 Å². The summed E-state index contributed by atoms with van der Waals surface area (Å²) < 4.78 is 5.21. The topological polar surface area (TPSA) is 25.0 Å². The molecule has 1 N–H and O–H groups in total. The van der Waals surface area contributed by atoms with Gasteiger partial charge in [-0.15, -0.1) is 0 Å². The summed E-state index contributed by atoms with van der Waals surface area (Å²) in [6.07, 6.45) is 7.51. The Morgan fingerprint density at radius 2 is 2.55 bits per heavy atom. The zero-order chi connectivity index (χ0) is 7.68. The molecule has 1 atom stereocenters. The summed E-state index contributed by atoms with van der Waals surface area (Å²) in [5, 5.41) is 2.47. The molecule has 0 fully saturated rings. The van der Waals surface area contributed by atoms with Crippen molar-refractivity contribution in [2.24, 2.45) is 0 Å². The Morgan fingerprint density at radius 1 is 1.64 bits per heavy atom. The molecule has 1 aromatic heterocycles. The molecule has 0 spiro atoms. The highest BCUT2D eigenvalue weighted by atomic mass is 16.5. The molecular formula is C9H11NO. The van der Waals surface area contributed by atoms with E-state index in [-0.39, 0.29) is 6.10 Å². The Labute approximate surface area is 65.2 Å². The highest BCUT2D eigenvalue weighted by Crippen LogP contribution is 2.01. The summed E-state index contributed by atoms with van der Waals surface area (Å²) in [7, 11) is 1.74. The third-order valence-corrected chi connectivity index (χ3v) is 2.04. The molecule has 0 aliphatic heterocycles. The molecular weight excluding hydrogens is 138 g/mol. The van der Waals surface area contributed by atoms with Gasteiger partial charge in [0.1, 0.15) is 0 Å². The van der Waals surface area contributed by atoms with Crippen molar-refractivity contribution in [3.05, 3.63) is 22.8 Å². The molecule has 11 heavy (non-hydrogen) atoms. The largest absolute Gasteiger partial charge is 0.377 e. The molecule has 2 rings (SSSR count). The van der Waals surface area contributed by atoms with Crippen molar-refractivity contribution in [1.29, 1.82) is 0 Å². The Morgan fingerprint density at radius 3 is 3.36 bits per heavy atom. The van der Waals surface area contributed by atoms with E-state index in [0.29, 0.717) is 0 Å². The van der Waals surface area contributed by atoms with Crippen molar-refractivity contribution in [2.45, 2.75) is 12.5 Å². The van der Waals surface area contributed by atoms with E-state index in [4.69, 9.17) is 4.74 Å². The van der Waals surface area contributed by atoms with Crippen molar-refractivity contribution in [3.8, 4) is 0 Å². The number of rotatable bonds is 1. The summed E-state index contributed by atoms with van der Waals surface area (Å²) >= 11 is 0.